The Morgan fingerprint density at radius 2 is 1.66 bits per heavy atom. The number of aryl methyl sites for hydroxylation is 4. The Morgan fingerprint density at radius 3 is 2.31 bits per heavy atom. The Hall–Kier alpha value is -3.15. The van der Waals surface area contributed by atoms with Gasteiger partial charge in [-0.1, -0.05) is 12.1 Å². The van der Waals surface area contributed by atoms with E-state index in [1.807, 2.05) is 58.0 Å². The molecule has 29 heavy (non-hydrogen) atoms. The Balaban J connectivity index is 1.54. The molecule has 152 valence electrons. The lowest BCUT2D eigenvalue weighted by molar-refractivity contribution is -0.151. The second-order valence-electron chi connectivity index (χ2n) is 7.63. The third-order valence-corrected chi connectivity index (χ3v) is 5.40. The molecule has 0 unspecified atom stereocenters. The van der Waals surface area contributed by atoms with Crippen LogP contribution in [0.25, 0.3) is 0 Å². The summed E-state index contributed by atoms with van der Waals surface area (Å²) in [7, 11) is 0. The molecule has 1 saturated heterocycles. The molecule has 1 atom stereocenters. The van der Waals surface area contributed by atoms with E-state index in [4.69, 9.17) is 4.74 Å². The summed E-state index contributed by atoms with van der Waals surface area (Å²) in [6.07, 6.45) is 0.0878. The Bertz CT molecular complexity index is 967. The maximum absolute atomic E-state index is 12.4. The Labute approximate surface area is 170 Å². The summed E-state index contributed by atoms with van der Waals surface area (Å²) in [6.45, 7) is 7.84. The fraction of sp³-hybridized carbons (Fsp3) is 0.348. The van der Waals surface area contributed by atoms with E-state index in [0.717, 1.165) is 27.9 Å². The standard InChI is InChI=1S/C23H26N2O4/c1-14-5-7-19(9-16(14)3)24-21(26)13-29-23(28)18-11-22(27)25(12-18)20-8-6-15(2)17(4)10-20/h5-10,18H,11-13H2,1-4H3,(H,24,26)/t18-/m0/s1. The van der Waals surface area contributed by atoms with E-state index in [1.54, 1.807) is 11.0 Å². The molecule has 0 radical (unpaired) electrons. The van der Waals surface area contributed by atoms with Gasteiger partial charge in [0.2, 0.25) is 5.91 Å². The van der Waals surface area contributed by atoms with Crippen LogP contribution in [0.4, 0.5) is 11.4 Å². The lowest BCUT2D eigenvalue weighted by Gasteiger charge is -2.17. The van der Waals surface area contributed by atoms with Gasteiger partial charge in [0.15, 0.2) is 6.61 Å². The fourth-order valence-corrected chi connectivity index (χ4v) is 3.28. The highest BCUT2D eigenvalue weighted by Crippen LogP contribution is 2.27. The largest absolute Gasteiger partial charge is 0.455 e. The van der Waals surface area contributed by atoms with Crippen molar-refractivity contribution in [1.82, 2.24) is 0 Å². The number of anilines is 2. The van der Waals surface area contributed by atoms with Gasteiger partial charge in [0.25, 0.3) is 5.91 Å². The summed E-state index contributed by atoms with van der Waals surface area (Å²) in [6, 6.07) is 11.4. The van der Waals surface area contributed by atoms with Crippen LogP contribution in [0.5, 0.6) is 0 Å². The van der Waals surface area contributed by atoms with Crippen molar-refractivity contribution in [3.05, 3.63) is 58.7 Å². The Kier molecular flexibility index (Phi) is 6.01. The molecule has 2 aromatic rings. The molecule has 0 bridgehead atoms. The molecule has 2 aromatic carbocycles. The van der Waals surface area contributed by atoms with Crippen molar-refractivity contribution in [3.63, 3.8) is 0 Å². The summed E-state index contributed by atoms with van der Waals surface area (Å²) < 4.78 is 5.16. The first-order valence-corrected chi connectivity index (χ1v) is 9.66. The van der Waals surface area contributed by atoms with E-state index in [0.29, 0.717) is 5.69 Å². The van der Waals surface area contributed by atoms with Crippen molar-refractivity contribution in [2.24, 2.45) is 5.92 Å². The maximum atomic E-state index is 12.4. The number of carbonyl (C=O) groups excluding carboxylic acids is 3. The highest BCUT2D eigenvalue weighted by atomic mass is 16.5. The zero-order valence-electron chi connectivity index (χ0n) is 17.2. The van der Waals surface area contributed by atoms with Crippen LogP contribution < -0.4 is 10.2 Å². The molecule has 1 aliphatic rings. The smallest absolute Gasteiger partial charge is 0.311 e. The number of benzene rings is 2. The van der Waals surface area contributed by atoms with Gasteiger partial charge in [-0.25, -0.2) is 0 Å². The van der Waals surface area contributed by atoms with Gasteiger partial charge in [-0.05, 0) is 74.2 Å². The maximum Gasteiger partial charge on any atom is 0.311 e. The van der Waals surface area contributed by atoms with Crippen LogP contribution in [0.15, 0.2) is 36.4 Å². The van der Waals surface area contributed by atoms with Gasteiger partial charge in [0.1, 0.15) is 0 Å². The molecule has 0 spiro atoms. The Morgan fingerprint density at radius 1 is 1.00 bits per heavy atom. The summed E-state index contributed by atoms with van der Waals surface area (Å²) in [5.41, 5.74) is 5.87. The first-order valence-electron chi connectivity index (χ1n) is 9.66. The lowest BCUT2D eigenvalue weighted by Crippen LogP contribution is -2.28. The molecular weight excluding hydrogens is 368 g/mol. The quantitative estimate of drug-likeness (QED) is 0.788. The number of amides is 2. The van der Waals surface area contributed by atoms with E-state index in [1.165, 1.54) is 0 Å². The highest BCUT2D eigenvalue weighted by Gasteiger charge is 2.36. The van der Waals surface area contributed by atoms with Crippen LogP contribution in [0, 0.1) is 33.6 Å². The van der Waals surface area contributed by atoms with Crippen LogP contribution in [-0.2, 0) is 19.1 Å². The third kappa shape index (κ3) is 4.83. The second-order valence-corrected chi connectivity index (χ2v) is 7.63. The minimum absolute atomic E-state index is 0.0878. The number of rotatable bonds is 5. The van der Waals surface area contributed by atoms with Crippen molar-refractivity contribution in [1.29, 1.82) is 0 Å². The minimum atomic E-state index is -0.571. The molecule has 6 nitrogen and oxygen atoms in total. The normalized spacial score (nSPS) is 16.1. The SMILES string of the molecule is Cc1ccc(NC(=O)COC(=O)[C@H]2CC(=O)N(c3ccc(C)c(C)c3)C2)cc1C. The van der Waals surface area contributed by atoms with E-state index in [2.05, 4.69) is 5.32 Å². The molecule has 1 heterocycles. The summed E-state index contributed by atoms with van der Waals surface area (Å²) in [4.78, 5) is 38.4. The number of esters is 1. The first kappa shape index (κ1) is 20.6. The summed E-state index contributed by atoms with van der Waals surface area (Å²) in [5.74, 6) is -1.62. The van der Waals surface area contributed by atoms with Gasteiger partial charge in [0.05, 0.1) is 5.92 Å². The van der Waals surface area contributed by atoms with Crippen LogP contribution >= 0.6 is 0 Å². The zero-order valence-corrected chi connectivity index (χ0v) is 17.2. The highest BCUT2D eigenvalue weighted by molar-refractivity contribution is 6.00. The third-order valence-electron chi connectivity index (χ3n) is 5.40. The molecule has 6 heteroatoms. The molecule has 2 amide bonds. The van der Waals surface area contributed by atoms with E-state index in [9.17, 15) is 14.4 Å². The number of ether oxygens (including phenoxy) is 1. The fourth-order valence-electron chi connectivity index (χ4n) is 3.28. The average molecular weight is 394 g/mol. The van der Waals surface area contributed by atoms with E-state index in [-0.39, 0.29) is 25.5 Å². The molecule has 1 N–H and O–H groups in total. The molecule has 0 aliphatic carbocycles. The number of nitrogens with zero attached hydrogens (tertiary/aromatic N) is 1. The number of nitrogens with one attached hydrogen (secondary N) is 1. The number of hydrogen-bond acceptors (Lipinski definition) is 4. The van der Waals surface area contributed by atoms with Gasteiger partial charge >= 0.3 is 5.97 Å². The summed E-state index contributed by atoms with van der Waals surface area (Å²) in [5, 5.41) is 2.72. The van der Waals surface area contributed by atoms with Crippen LogP contribution in [-0.4, -0.2) is 30.9 Å². The first-order chi connectivity index (χ1) is 13.7. The molecule has 1 aliphatic heterocycles. The predicted octanol–water partition coefficient (Wildman–Crippen LogP) is 3.46. The van der Waals surface area contributed by atoms with Gasteiger partial charge in [-0.3, -0.25) is 14.4 Å². The van der Waals surface area contributed by atoms with Crippen LogP contribution in [0.2, 0.25) is 0 Å². The van der Waals surface area contributed by atoms with E-state index < -0.39 is 17.8 Å². The predicted molar refractivity (Wildman–Crippen MR) is 112 cm³/mol. The van der Waals surface area contributed by atoms with Crippen molar-refractivity contribution >= 4 is 29.2 Å². The second kappa shape index (κ2) is 8.47. The van der Waals surface area contributed by atoms with Gasteiger partial charge < -0.3 is 15.0 Å². The van der Waals surface area contributed by atoms with Crippen molar-refractivity contribution < 1.29 is 19.1 Å². The van der Waals surface area contributed by atoms with Crippen molar-refractivity contribution in [2.45, 2.75) is 34.1 Å². The molecule has 0 aromatic heterocycles. The minimum Gasteiger partial charge on any atom is -0.455 e. The van der Waals surface area contributed by atoms with E-state index >= 15 is 0 Å². The van der Waals surface area contributed by atoms with Crippen LogP contribution in [0.3, 0.4) is 0 Å². The van der Waals surface area contributed by atoms with Crippen molar-refractivity contribution in [3.8, 4) is 0 Å². The molecule has 0 saturated carbocycles. The van der Waals surface area contributed by atoms with Gasteiger partial charge in [-0.2, -0.15) is 0 Å². The van der Waals surface area contributed by atoms with Gasteiger partial charge in [0, 0.05) is 24.3 Å². The average Bonchev–Trinajstić information content (AvgIpc) is 3.07. The number of carbonyl (C=O) groups is 3. The molecular formula is C23H26N2O4. The molecule has 1 fully saturated rings. The number of hydrogen-bond donors (Lipinski definition) is 1. The zero-order chi connectivity index (χ0) is 21.1. The molecule has 3 rings (SSSR count). The van der Waals surface area contributed by atoms with Crippen LogP contribution in [0.1, 0.15) is 28.7 Å². The van der Waals surface area contributed by atoms with Gasteiger partial charge in [-0.15, -0.1) is 0 Å². The topological polar surface area (TPSA) is 75.7 Å². The van der Waals surface area contributed by atoms with Crippen molar-refractivity contribution in [2.75, 3.05) is 23.4 Å². The summed E-state index contributed by atoms with van der Waals surface area (Å²) >= 11 is 0. The lowest BCUT2D eigenvalue weighted by atomic mass is 10.1. The monoisotopic (exact) mass is 394 g/mol.